The molecular weight excluding hydrogens is 396 g/mol. The van der Waals surface area contributed by atoms with Gasteiger partial charge in [-0.15, -0.1) is 0 Å². The smallest absolute Gasteiger partial charge is 0.238 e. The first-order valence-electron chi connectivity index (χ1n) is 9.85. The molecular formula is C24H26N2O3S. The van der Waals surface area contributed by atoms with Crippen LogP contribution in [0.4, 0.5) is 0 Å². The summed E-state index contributed by atoms with van der Waals surface area (Å²) in [6.45, 7) is 2.02. The van der Waals surface area contributed by atoms with Crippen LogP contribution in [0.3, 0.4) is 0 Å². The summed E-state index contributed by atoms with van der Waals surface area (Å²) >= 11 is 0. The van der Waals surface area contributed by atoms with Gasteiger partial charge in [0.1, 0.15) is 0 Å². The summed E-state index contributed by atoms with van der Waals surface area (Å²) in [5, 5.41) is 8.24. The topological polar surface area (TPSA) is 89.3 Å². The van der Waals surface area contributed by atoms with E-state index in [4.69, 9.17) is 5.14 Å². The molecule has 0 aromatic heterocycles. The highest BCUT2D eigenvalue weighted by molar-refractivity contribution is 7.89. The number of carbonyl (C=O) groups is 1. The van der Waals surface area contributed by atoms with Crippen molar-refractivity contribution >= 4 is 15.9 Å². The van der Waals surface area contributed by atoms with E-state index in [0.717, 1.165) is 16.7 Å². The molecule has 3 aromatic carbocycles. The molecule has 0 saturated heterocycles. The van der Waals surface area contributed by atoms with E-state index in [1.807, 2.05) is 43.3 Å². The molecule has 3 N–H and O–H groups in total. The Morgan fingerprint density at radius 2 is 1.37 bits per heavy atom. The molecule has 5 nitrogen and oxygen atoms in total. The number of primary sulfonamides is 1. The lowest BCUT2D eigenvalue weighted by atomic mass is 9.85. The van der Waals surface area contributed by atoms with Crippen LogP contribution in [0, 0.1) is 0 Å². The molecule has 0 aliphatic rings. The molecule has 156 valence electrons. The third kappa shape index (κ3) is 5.78. The lowest BCUT2D eigenvalue weighted by molar-refractivity contribution is -0.121. The van der Waals surface area contributed by atoms with E-state index in [0.29, 0.717) is 12.8 Å². The number of amides is 1. The minimum Gasteiger partial charge on any atom is -0.353 e. The molecule has 0 aliphatic carbocycles. The normalized spacial score (nSPS) is 12.5. The monoisotopic (exact) mass is 422 g/mol. The summed E-state index contributed by atoms with van der Waals surface area (Å²) in [4.78, 5) is 12.7. The van der Waals surface area contributed by atoms with Crippen molar-refractivity contribution in [2.24, 2.45) is 5.14 Å². The Kier molecular flexibility index (Phi) is 7.03. The van der Waals surface area contributed by atoms with Gasteiger partial charge in [0.05, 0.1) is 4.90 Å². The summed E-state index contributed by atoms with van der Waals surface area (Å²) in [6.07, 6.45) is 0.833. The number of hydrogen-bond donors (Lipinski definition) is 2. The van der Waals surface area contributed by atoms with Gasteiger partial charge in [-0.05, 0) is 42.2 Å². The molecule has 1 atom stereocenters. The number of sulfonamides is 1. The maximum absolute atomic E-state index is 12.6. The molecule has 3 aromatic rings. The Bertz CT molecular complexity index is 1030. The number of nitrogens with two attached hydrogens (primary N) is 1. The number of nitrogens with one attached hydrogen (secondary N) is 1. The third-order valence-corrected chi connectivity index (χ3v) is 6.03. The van der Waals surface area contributed by atoms with Gasteiger partial charge in [0.15, 0.2) is 0 Å². The lowest BCUT2D eigenvalue weighted by Crippen LogP contribution is -2.37. The van der Waals surface area contributed by atoms with Gasteiger partial charge in [0, 0.05) is 18.4 Å². The molecule has 1 amide bonds. The van der Waals surface area contributed by atoms with Crippen molar-refractivity contribution in [3.8, 4) is 0 Å². The fourth-order valence-electron chi connectivity index (χ4n) is 3.60. The van der Waals surface area contributed by atoms with Crippen LogP contribution >= 0.6 is 0 Å². The average molecular weight is 423 g/mol. The second-order valence-electron chi connectivity index (χ2n) is 7.34. The SMILES string of the molecule is CC(NC(=O)CCc1ccc(S(N)(=O)=O)cc1)C(c1ccccc1)c1ccccc1. The van der Waals surface area contributed by atoms with E-state index < -0.39 is 10.0 Å². The van der Waals surface area contributed by atoms with Crippen molar-refractivity contribution in [1.29, 1.82) is 0 Å². The molecule has 0 radical (unpaired) electrons. The van der Waals surface area contributed by atoms with Gasteiger partial charge in [0.2, 0.25) is 15.9 Å². The van der Waals surface area contributed by atoms with Crippen LogP contribution in [-0.4, -0.2) is 20.4 Å². The van der Waals surface area contributed by atoms with Crippen molar-refractivity contribution in [3.05, 3.63) is 102 Å². The van der Waals surface area contributed by atoms with Gasteiger partial charge in [-0.2, -0.15) is 0 Å². The van der Waals surface area contributed by atoms with Crippen molar-refractivity contribution in [1.82, 2.24) is 5.32 Å². The molecule has 6 heteroatoms. The zero-order valence-electron chi connectivity index (χ0n) is 16.9. The first-order valence-corrected chi connectivity index (χ1v) is 11.4. The van der Waals surface area contributed by atoms with Crippen LogP contribution in [0.1, 0.15) is 36.0 Å². The second-order valence-corrected chi connectivity index (χ2v) is 8.91. The molecule has 0 fully saturated rings. The Balaban J connectivity index is 1.65. The van der Waals surface area contributed by atoms with Crippen LogP contribution < -0.4 is 10.5 Å². The quantitative estimate of drug-likeness (QED) is 0.581. The Labute approximate surface area is 178 Å². The molecule has 0 saturated carbocycles. The van der Waals surface area contributed by atoms with Gasteiger partial charge >= 0.3 is 0 Å². The highest BCUT2D eigenvalue weighted by Crippen LogP contribution is 2.28. The van der Waals surface area contributed by atoms with Gasteiger partial charge in [-0.25, -0.2) is 13.6 Å². The number of carbonyl (C=O) groups excluding carboxylic acids is 1. The van der Waals surface area contributed by atoms with E-state index in [1.165, 1.54) is 12.1 Å². The van der Waals surface area contributed by atoms with Crippen molar-refractivity contribution in [3.63, 3.8) is 0 Å². The van der Waals surface area contributed by atoms with Crippen molar-refractivity contribution < 1.29 is 13.2 Å². The van der Waals surface area contributed by atoms with Gasteiger partial charge in [0.25, 0.3) is 0 Å². The Hall–Kier alpha value is -2.96. The fraction of sp³-hybridized carbons (Fsp3) is 0.208. The molecule has 0 bridgehead atoms. The van der Waals surface area contributed by atoms with E-state index in [1.54, 1.807) is 12.1 Å². The van der Waals surface area contributed by atoms with Gasteiger partial charge in [-0.1, -0.05) is 72.8 Å². The minimum atomic E-state index is -3.71. The van der Waals surface area contributed by atoms with Crippen LogP contribution in [-0.2, 0) is 21.2 Å². The van der Waals surface area contributed by atoms with Crippen LogP contribution in [0.25, 0.3) is 0 Å². The van der Waals surface area contributed by atoms with E-state index >= 15 is 0 Å². The maximum atomic E-state index is 12.6. The van der Waals surface area contributed by atoms with Crippen LogP contribution in [0.2, 0.25) is 0 Å². The summed E-state index contributed by atoms with van der Waals surface area (Å²) in [5.41, 5.74) is 3.18. The molecule has 1 unspecified atom stereocenters. The molecule has 0 spiro atoms. The summed E-state index contributed by atoms with van der Waals surface area (Å²) < 4.78 is 22.7. The van der Waals surface area contributed by atoms with Crippen LogP contribution in [0.15, 0.2) is 89.8 Å². The third-order valence-electron chi connectivity index (χ3n) is 5.10. The zero-order valence-corrected chi connectivity index (χ0v) is 17.7. The second kappa shape index (κ2) is 9.69. The minimum absolute atomic E-state index is 0.0464. The summed E-state index contributed by atoms with van der Waals surface area (Å²) in [5.74, 6) is 0.000259. The average Bonchev–Trinajstić information content (AvgIpc) is 2.74. The fourth-order valence-corrected chi connectivity index (χ4v) is 4.12. The number of rotatable bonds is 8. The summed E-state index contributed by atoms with van der Waals surface area (Å²) in [7, 11) is -3.71. The van der Waals surface area contributed by atoms with Crippen molar-refractivity contribution in [2.45, 2.75) is 36.6 Å². The van der Waals surface area contributed by atoms with Gasteiger partial charge < -0.3 is 5.32 Å². The van der Waals surface area contributed by atoms with Gasteiger partial charge in [-0.3, -0.25) is 4.79 Å². The standard InChI is InChI=1S/C24H26N2O3S/c1-18(24(20-8-4-2-5-9-20)21-10-6-3-7-11-21)26-23(27)17-14-19-12-15-22(16-13-19)30(25,28)29/h2-13,15-16,18,24H,14,17H2,1H3,(H,26,27)(H2,25,28,29). The first kappa shape index (κ1) is 21.7. The highest BCUT2D eigenvalue weighted by Gasteiger charge is 2.22. The predicted molar refractivity (Wildman–Crippen MR) is 118 cm³/mol. The highest BCUT2D eigenvalue weighted by atomic mass is 32.2. The number of aryl methyl sites for hydroxylation is 1. The predicted octanol–water partition coefficient (Wildman–Crippen LogP) is 3.60. The van der Waals surface area contributed by atoms with Crippen LogP contribution in [0.5, 0.6) is 0 Å². The number of benzene rings is 3. The zero-order chi connectivity index (χ0) is 21.6. The molecule has 0 aliphatic heterocycles. The largest absolute Gasteiger partial charge is 0.353 e. The summed E-state index contributed by atoms with van der Waals surface area (Å²) in [6, 6.07) is 26.5. The van der Waals surface area contributed by atoms with E-state index in [9.17, 15) is 13.2 Å². The van der Waals surface area contributed by atoms with E-state index in [-0.39, 0.29) is 22.8 Å². The first-order chi connectivity index (χ1) is 14.3. The molecule has 0 heterocycles. The number of hydrogen-bond acceptors (Lipinski definition) is 3. The van der Waals surface area contributed by atoms with E-state index in [2.05, 4.69) is 29.6 Å². The Morgan fingerprint density at radius 3 is 1.83 bits per heavy atom. The van der Waals surface area contributed by atoms with Crippen molar-refractivity contribution in [2.75, 3.05) is 0 Å². The maximum Gasteiger partial charge on any atom is 0.238 e. The Morgan fingerprint density at radius 1 is 0.867 bits per heavy atom. The molecule has 30 heavy (non-hydrogen) atoms. The lowest BCUT2D eigenvalue weighted by Gasteiger charge is -2.26. The molecule has 3 rings (SSSR count).